The van der Waals surface area contributed by atoms with E-state index in [0.717, 1.165) is 25.3 Å². The fourth-order valence-electron chi connectivity index (χ4n) is 2.11. The van der Waals surface area contributed by atoms with E-state index in [2.05, 4.69) is 35.4 Å². The van der Waals surface area contributed by atoms with Crippen LogP contribution in [0.2, 0.25) is 0 Å². The van der Waals surface area contributed by atoms with E-state index in [1.165, 1.54) is 21.0 Å². The van der Waals surface area contributed by atoms with Crippen LogP contribution in [0.1, 0.15) is 21.0 Å². The van der Waals surface area contributed by atoms with Crippen LogP contribution in [0.5, 0.6) is 0 Å². The number of aryl methyl sites for hydroxylation is 1. The van der Waals surface area contributed by atoms with Crippen LogP contribution in [0.3, 0.4) is 0 Å². The molecule has 0 atom stereocenters. The molecule has 2 aromatic rings. The third kappa shape index (κ3) is 2.54. The summed E-state index contributed by atoms with van der Waals surface area (Å²) in [5.74, 6) is 0. The van der Waals surface area contributed by atoms with Crippen molar-refractivity contribution >= 4 is 17.0 Å². The van der Waals surface area contributed by atoms with E-state index in [0.29, 0.717) is 6.61 Å². The molecule has 3 rings (SSSR count). The highest BCUT2D eigenvalue weighted by molar-refractivity contribution is 7.11. The number of hydrogen-bond acceptors (Lipinski definition) is 4. The number of ether oxygens (including phenoxy) is 1. The van der Waals surface area contributed by atoms with Gasteiger partial charge in [0.15, 0.2) is 0 Å². The molecule has 1 aliphatic rings. The zero-order valence-electron chi connectivity index (χ0n) is 10.4. The molecule has 94 valence electrons. The maximum absolute atomic E-state index is 5.45. The number of nitrogens with zero attached hydrogens (tertiary/aromatic N) is 1. The maximum Gasteiger partial charge on any atom is 0.0735 e. The summed E-state index contributed by atoms with van der Waals surface area (Å²) in [6.07, 6.45) is 2.85. The summed E-state index contributed by atoms with van der Waals surface area (Å²) < 4.78 is 5.45. The molecule has 2 aromatic heterocycles. The maximum atomic E-state index is 5.45. The monoisotopic (exact) mass is 260 g/mol. The smallest absolute Gasteiger partial charge is 0.0735 e. The average molecular weight is 260 g/mol. The number of hydrogen-bond donors (Lipinski definition) is 1. The number of pyridine rings is 1. The van der Waals surface area contributed by atoms with E-state index < -0.39 is 0 Å². The number of thiophene rings is 1. The van der Waals surface area contributed by atoms with Gasteiger partial charge < -0.3 is 10.1 Å². The Morgan fingerprint density at radius 1 is 1.44 bits per heavy atom. The Hall–Kier alpha value is -1.39. The quantitative estimate of drug-likeness (QED) is 0.920. The van der Waals surface area contributed by atoms with E-state index in [1.54, 1.807) is 0 Å². The molecule has 18 heavy (non-hydrogen) atoms. The molecule has 0 spiro atoms. The third-order valence-electron chi connectivity index (χ3n) is 3.06. The van der Waals surface area contributed by atoms with Crippen LogP contribution < -0.4 is 5.32 Å². The summed E-state index contributed by atoms with van der Waals surface area (Å²) in [5.41, 5.74) is 3.47. The van der Waals surface area contributed by atoms with Crippen LogP contribution >= 0.6 is 11.3 Å². The van der Waals surface area contributed by atoms with Gasteiger partial charge in [-0.3, -0.25) is 4.98 Å². The van der Waals surface area contributed by atoms with Gasteiger partial charge in [-0.15, -0.1) is 11.3 Å². The van der Waals surface area contributed by atoms with Gasteiger partial charge in [0.1, 0.15) is 0 Å². The van der Waals surface area contributed by atoms with Crippen LogP contribution in [0.15, 0.2) is 24.4 Å². The summed E-state index contributed by atoms with van der Waals surface area (Å²) in [7, 11) is 0. The highest BCUT2D eigenvalue weighted by Gasteiger charge is 2.11. The lowest BCUT2D eigenvalue weighted by molar-refractivity contribution is 0.109. The van der Waals surface area contributed by atoms with Crippen molar-refractivity contribution in [3.63, 3.8) is 0 Å². The minimum Gasteiger partial charge on any atom is -0.379 e. The SMILES string of the molecule is Cc1ccc(CNc2cnc3c(c2)COCC3)s1. The molecule has 0 radical (unpaired) electrons. The zero-order chi connectivity index (χ0) is 12.4. The summed E-state index contributed by atoms with van der Waals surface area (Å²) in [6, 6.07) is 6.48. The minimum atomic E-state index is 0.690. The van der Waals surface area contributed by atoms with Crippen LogP contribution in [0, 0.1) is 6.92 Å². The number of aromatic nitrogens is 1. The van der Waals surface area contributed by atoms with Gasteiger partial charge in [0.2, 0.25) is 0 Å². The Kier molecular flexibility index (Phi) is 3.30. The molecular formula is C14H16N2OS. The van der Waals surface area contributed by atoms with Crippen molar-refractivity contribution in [2.45, 2.75) is 26.5 Å². The molecule has 0 unspecified atom stereocenters. The van der Waals surface area contributed by atoms with E-state index >= 15 is 0 Å². The number of nitrogens with one attached hydrogen (secondary N) is 1. The van der Waals surface area contributed by atoms with Gasteiger partial charge in [-0.25, -0.2) is 0 Å². The van der Waals surface area contributed by atoms with Gasteiger partial charge in [0.25, 0.3) is 0 Å². The molecule has 3 nitrogen and oxygen atoms in total. The summed E-state index contributed by atoms with van der Waals surface area (Å²) in [6.45, 7) is 4.48. The second-order valence-electron chi connectivity index (χ2n) is 4.50. The highest BCUT2D eigenvalue weighted by Crippen LogP contribution is 2.20. The number of fused-ring (bicyclic) bond motifs is 1. The predicted molar refractivity (Wildman–Crippen MR) is 74.0 cm³/mol. The number of rotatable bonds is 3. The molecule has 0 aliphatic carbocycles. The molecule has 0 saturated heterocycles. The van der Waals surface area contributed by atoms with E-state index in [9.17, 15) is 0 Å². The Morgan fingerprint density at radius 3 is 3.22 bits per heavy atom. The minimum absolute atomic E-state index is 0.690. The molecule has 0 bridgehead atoms. The fourth-order valence-corrected chi connectivity index (χ4v) is 2.94. The highest BCUT2D eigenvalue weighted by atomic mass is 32.1. The van der Waals surface area contributed by atoms with Gasteiger partial charge >= 0.3 is 0 Å². The molecule has 0 aromatic carbocycles. The molecule has 1 aliphatic heterocycles. The van der Waals surface area contributed by atoms with Crippen molar-refractivity contribution in [3.05, 3.63) is 45.4 Å². The van der Waals surface area contributed by atoms with E-state index in [4.69, 9.17) is 4.74 Å². The van der Waals surface area contributed by atoms with Crippen LogP contribution in [-0.2, 0) is 24.3 Å². The first-order valence-corrected chi connectivity index (χ1v) is 6.97. The predicted octanol–water partition coefficient (Wildman–Crippen LogP) is 3.14. The lowest BCUT2D eigenvalue weighted by atomic mass is 10.1. The second kappa shape index (κ2) is 5.08. The second-order valence-corrected chi connectivity index (χ2v) is 5.87. The summed E-state index contributed by atoms with van der Waals surface area (Å²) >= 11 is 1.83. The van der Waals surface area contributed by atoms with E-state index in [-0.39, 0.29) is 0 Å². The lowest BCUT2D eigenvalue weighted by Gasteiger charge is -2.16. The van der Waals surface area contributed by atoms with Crippen LogP contribution in [0.25, 0.3) is 0 Å². The molecule has 0 saturated carbocycles. The normalized spacial score (nSPS) is 14.3. The Labute approximate surface area is 111 Å². The first-order valence-electron chi connectivity index (χ1n) is 6.16. The van der Waals surface area contributed by atoms with Gasteiger partial charge in [-0.1, -0.05) is 0 Å². The van der Waals surface area contributed by atoms with Crippen LogP contribution in [0.4, 0.5) is 5.69 Å². The van der Waals surface area contributed by atoms with Gasteiger partial charge in [0.05, 0.1) is 25.1 Å². The van der Waals surface area contributed by atoms with Crippen molar-refractivity contribution in [3.8, 4) is 0 Å². The average Bonchev–Trinajstić information content (AvgIpc) is 2.82. The first kappa shape index (κ1) is 11.7. The Morgan fingerprint density at radius 2 is 2.39 bits per heavy atom. The number of anilines is 1. The first-order chi connectivity index (χ1) is 8.81. The third-order valence-corrected chi connectivity index (χ3v) is 4.06. The topological polar surface area (TPSA) is 34.2 Å². The largest absolute Gasteiger partial charge is 0.379 e. The molecule has 4 heteroatoms. The van der Waals surface area contributed by atoms with Gasteiger partial charge in [-0.05, 0) is 25.1 Å². The Balaban J connectivity index is 1.69. The molecule has 0 fully saturated rings. The zero-order valence-corrected chi connectivity index (χ0v) is 11.2. The molecule has 1 N–H and O–H groups in total. The van der Waals surface area contributed by atoms with Crippen molar-refractivity contribution < 1.29 is 4.74 Å². The summed E-state index contributed by atoms with van der Waals surface area (Å²) in [4.78, 5) is 7.20. The van der Waals surface area contributed by atoms with Crippen molar-refractivity contribution in [2.75, 3.05) is 11.9 Å². The fraction of sp³-hybridized carbons (Fsp3) is 0.357. The molecule has 3 heterocycles. The van der Waals surface area contributed by atoms with E-state index in [1.807, 2.05) is 17.5 Å². The lowest BCUT2D eigenvalue weighted by Crippen LogP contribution is -2.12. The Bertz CT molecular complexity index is 550. The molecular weight excluding hydrogens is 244 g/mol. The van der Waals surface area contributed by atoms with Gasteiger partial charge in [0, 0.05) is 34.0 Å². The van der Waals surface area contributed by atoms with Crippen molar-refractivity contribution in [1.29, 1.82) is 0 Å². The van der Waals surface area contributed by atoms with Crippen molar-refractivity contribution in [1.82, 2.24) is 4.98 Å². The van der Waals surface area contributed by atoms with Crippen molar-refractivity contribution in [2.24, 2.45) is 0 Å². The molecule has 0 amide bonds. The van der Waals surface area contributed by atoms with Crippen LogP contribution in [-0.4, -0.2) is 11.6 Å². The standard InChI is InChI=1S/C14H16N2OS/c1-10-2-3-13(18-10)8-15-12-6-11-9-17-5-4-14(11)16-7-12/h2-3,6-7,15H,4-5,8-9H2,1H3. The summed E-state index contributed by atoms with van der Waals surface area (Å²) in [5, 5.41) is 3.42. The van der Waals surface area contributed by atoms with Gasteiger partial charge in [-0.2, -0.15) is 0 Å².